The molecule has 6 heteroatoms. The van der Waals surface area contributed by atoms with E-state index in [9.17, 15) is 14.7 Å². The van der Waals surface area contributed by atoms with Crippen LogP contribution in [0.15, 0.2) is 0 Å². The van der Waals surface area contributed by atoms with E-state index in [0.717, 1.165) is 69.9 Å². The van der Waals surface area contributed by atoms with E-state index in [1.807, 2.05) is 4.90 Å². The van der Waals surface area contributed by atoms with Gasteiger partial charge in [0.15, 0.2) is 0 Å². The van der Waals surface area contributed by atoms with Gasteiger partial charge in [-0.25, -0.2) is 0 Å². The Labute approximate surface area is 211 Å². The van der Waals surface area contributed by atoms with Gasteiger partial charge >= 0.3 is 0 Å². The Balaban J connectivity index is 1.14. The quantitative estimate of drug-likeness (QED) is 0.570. The van der Waals surface area contributed by atoms with Crippen LogP contribution in [0.2, 0.25) is 0 Å². The van der Waals surface area contributed by atoms with E-state index in [1.54, 1.807) is 0 Å². The van der Waals surface area contributed by atoms with Crippen LogP contribution in [-0.4, -0.2) is 59.1 Å². The normalized spacial score (nSPS) is 49.3. The van der Waals surface area contributed by atoms with Crippen molar-refractivity contribution in [1.82, 2.24) is 15.5 Å². The molecule has 6 aliphatic rings. The van der Waals surface area contributed by atoms with E-state index in [1.165, 1.54) is 38.5 Å². The number of likely N-dealkylation sites (tertiary alicyclic amines) is 1. The van der Waals surface area contributed by atoms with E-state index in [4.69, 9.17) is 0 Å². The van der Waals surface area contributed by atoms with Gasteiger partial charge in [0.25, 0.3) is 0 Å². The lowest BCUT2D eigenvalue weighted by Gasteiger charge is -2.61. The molecule has 6 rings (SSSR count). The van der Waals surface area contributed by atoms with Crippen LogP contribution < -0.4 is 10.6 Å². The second kappa shape index (κ2) is 9.01. The Kier molecular flexibility index (Phi) is 6.23. The molecule has 196 valence electrons. The van der Waals surface area contributed by atoms with Gasteiger partial charge in [0.05, 0.1) is 12.1 Å². The maximum atomic E-state index is 13.6. The predicted molar refractivity (Wildman–Crippen MR) is 135 cm³/mol. The van der Waals surface area contributed by atoms with Crippen molar-refractivity contribution < 1.29 is 14.7 Å². The minimum absolute atomic E-state index is 0.0870. The lowest BCUT2D eigenvalue weighted by Crippen LogP contribution is -2.58. The summed E-state index contributed by atoms with van der Waals surface area (Å²) in [6.07, 6.45) is 14.1. The Bertz CT molecular complexity index is 843. The number of nitrogens with zero attached hydrogens (tertiary/aromatic N) is 1. The highest BCUT2D eigenvalue weighted by Crippen LogP contribution is 2.66. The summed E-state index contributed by atoms with van der Waals surface area (Å²) in [6.45, 7) is 6.64. The third kappa shape index (κ3) is 3.88. The number of nitrogens with one attached hydrogen (secondary N) is 2. The second-order valence-electron chi connectivity index (χ2n) is 13.6. The number of aliphatic hydroxyl groups excluding tert-OH is 1. The van der Waals surface area contributed by atoms with Gasteiger partial charge in [-0.05, 0) is 125 Å². The molecule has 2 saturated heterocycles. The fraction of sp³-hybridized carbons (Fsp3) is 0.931. The Hall–Kier alpha value is -1.14. The molecule has 3 N–H and O–H groups in total. The highest BCUT2D eigenvalue weighted by molar-refractivity contribution is 5.90. The number of fused-ring (bicyclic) bond motifs is 5. The summed E-state index contributed by atoms with van der Waals surface area (Å²) in [4.78, 5) is 28.5. The van der Waals surface area contributed by atoms with Crippen LogP contribution in [0.1, 0.15) is 97.3 Å². The zero-order valence-corrected chi connectivity index (χ0v) is 21.9. The van der Waals surface area contributed by atoms with Crippen LogP contribution in [-0.2, 0) is 9.59 Å². The average Bonchev–Trinajstić information content (AvgIpc) is 3.60. The van der Waals surface area contributed by atoms with Crippen LogP contribution in [0.25, 0.3) is 0 Å². The molecule has 0 spiro atoms. The summed E-state index contributed by atoms with van der Waals surface area (Å²) in [5.41, 5.74) is 0.568. The molecule has 2 amide bonds. The van der Waals surface area contributed by atoms with Crippen molar-refractivity contribution >= 4 is 11.8 Å². The number of carbonyl (C=O) groups excluding carboxylic acids is 2. The zero-order valence-electron chi connectivity index (χ0n) is 21.9. The van der Waals surface area contributed by atoms with Gasteiger partial charge in [-0.2, -0.15) is 0 Å². The Morgan fingerprint density at radius 1 is 0.914 bits per heavy atom. The largest absolute Gasteiger partial charge is 0.393 e. The smallest absolute Gasteiger partial charge is 0.243 e. The van der Waals surface area contributed by atoms with E-state index in [0.29, 0.717) is 17.3 Å². The van der Waals surface area contributed by atoms with Crippen molar-refractivity contribution in [3.8, 4) is 0 Å². The van der Waals surface area contributed by atoms with E-state index >= 15 is 0 Å². The van der Waals surface area contributed by atoms with Crippen molar-refractivity contribution in [2.75, 3.05) is 13.1 Å². The van der Waals surface area contributed by atoms with Gasteiger partial charge in [0.2, 0.25) is 11.8 Å². The van der Waals surface area contributed by atoms with Crippen LogP contribution in [0, 0.1) is 34.5 Å². The molecule has 0 radical (unpaired) electrons. The molecule has 6 fully saturated rings. The number of rotatable bonds is 3. The van der Waals surface area contributed by atoms with Gasteiger partial charge in [-0.15, -0.1) is 0 Å². The number of amides is 2. The molecule has 6 nitrogen and oxygen atoms in total. The fourth-order valence-electron chi connectivity index (χ4n) is 10.1. The molecule has 0 aromatic rings. The first-order valence-electron chi connectivity index (χ1n) is 14.8. The SMILES string of the molecule is C[C@]12CC[C@H](O)C[C@@H]1CC[C@@H]1[C@@H]2CC[C@]2(C)[C@@H](NC(=O)[C@@H]3CCCN3C(=O)[C@@H]3CCCN3)CC[C@@H]12. The molecule has 0 aromatic carbocycles. The second-order valence-corrected chi connectivity index (χ2v) is 13.6. The first kappa shape index (κ1) is 24.2. The van der Waals surface area contributed by atoms with Gasteiger partial charge in [0.1, 0.15) is 6.04 Å². The fourth-order valence-corrected chi connectivity index (χ4v) is 10.1. The number of carbonyl (C=O) groups is 2. The van der Waals surface area contributed by atoms with Crippen LogP contribution >= 0.6 is 0 Å². The van der Waals surface area contributed by atoms with Crippen molar-refractivity contribution in [3.05, 3.63) is 0 Å². The van der Waals surface area contributed by atoms with Gasteiger partial charge in [0, 0.05) is 12.6 Å². The number of hydrogen-bond donors (Lipinski definition) is 3. The van der Waals surface area contributed by atoms with Gasteiger partial charge in [-0.1, -0.05) is 13.8 Å². The molecule has 0 unspecified atom stereocenters. The maximum Gasteiger partial charge on any atom is 0.243 e. The maximum absolute atomic E-state index is 13.6. The van der Waals surface area contributed by atoms with Gasteiger partial charge in [-0.3, -0.25) is 9.59 Å². The standard InChI is InChI=1S/C29H47N3O3/c1-28-13-11-19(33)17-18(28)7-8-20-21-9-10-25(29(21,2)14-12-22(20)28)31-26(34)24-6-4-16-32(24)27(35)23-5-3-15-30-23/h18-25,30,33H,3-17H2,1-2H3,(H,31,34)/t18-,19-,20-,21-,22-,23-,24-,25-,28-,29-/m0/s1. The summed E-state index contributed by atoms with van der Waals surface area (Å²) in [5.74, 6) is 3.17. The first-order chi connectivity index (χ1) is 16.8. The predicted octanol–water partition coefficient (Wildman–Crippen LogP) is 3.62. The summed E-state index contributed by atoms with van der Waals surface area (Å²) in [6, 6.07) is -0.141. The lowest BCUT2D eigenvalue weighted by molar-refractivity contribution is -0.141. The van der Waals surface area contributed by atoms with Crippen LogP contribution in [0.5, 0.6) is 0 Å². The van der Waals surface area contributed by atoms with E-state index < -0.39 is 0 Å². The molecule has 0 bridgehead atoms. The topological polar surface area (TPSA) is 81.7 Å². The highest BCUT2D eigenvalue weighted by atomic mass is 16.3. The monoisotopic (exact) mass is 485 g/mol. The summed E-state index contributed by atoms with van der Waals surface area (Å²) < 4.78 is 0. The van der Waals surface area contributed by atoms with Crippen LogP contribution in [0.3, 0.4) is 0 Å². The highest BCUT2D eigenvalue weighted by Gasteiger charge is 2.60. The summed E-state index contributed by atoms with van der Waals surface area (Å²) in [5, 5.41) is 17.1. The number of aliphatic hydroxyl groups is 1. The van der Waals surface area contributed by atoms with E-state index in [2.05, 4.69) is 24.5 Å². The molecular weight excluding hydrogens is 438 g/mol. The summed E-state index contributed by atoms with van der Waals surface area (Å²) in [7, 11) is 0. The zero-order chi connectivity index (χ0) is 24.4. The van der Waals surface area contributed by atoms with Crippen LogP contribution in [0.4, 0.5) is 0 Å². The van der Waals surface area contributed by atoms with Crippen molar-refractivity contribution in [2.45, 2.75) is 122 Å². The minimum atomic E-state index is -0.285. The van der Waals surface area contributed by atoms with E-state index in [-0.39, 0.29) is 41.5 Å². The first-order valence-corrected chi connectivity index (χ1v) is 14.8. The van der Waals surface area contributed by atoms with Crippen molar-refractivity contribution in [1.29, 1.82) is 0 Å². The summed E-state index contributed by atoms with van der Waals surface area (Å²) >= 11 is 0. The lowest BCUT2D eigenvalue weighted by atomic mass is 9.45. The Morgan fingerprint density at radius 2 is 1.71 bits per heavy atom. The molecule has 0 aromatic heterocycles. The molecule has 2 aliphatic heterocycles. The minimum Gasteiger partial charge on any atom is -0.393 e. The number of hydrogen-bond acceptors (Lipinski definition) is 4. The molecular formula is C29H47N3O3. The van der Waals surface area contributed by atoms with Crippen molar-refractivity contribution in [2.24, 2.45) is 34.5 Å². The third-order valence-corrected chi connectivity index (χ3v) is 12.2. The van der Waals surface area contributed by atoms with Crippen molar-refractivity contribution in [3.63, 3.8) is 0 Å². The molecule has 2 heterocycles. The Morgan fingerprint density at radius 3 is 2.51 bits per heavy atom. The molecule has 4 aliphatic carbocycles. The third-order valence-electron chi connectivity index (χ3n) is 12.2. The molecule has 35 heavy (non-hydrogen) atoms. The molecule has 4 saturated carbocycles. The average molecular weight is 486 g/mol. The molecule has 10 atom stereocenters. The van der Waals surface area contributed by atoms with Gasteiger partial charge < -0.3 is 20.6 Å².